The van der Waals surface area contributed by atoms with Gasteiger partial charge in [0.25, 0.3) is 5.92 Å². The van der Waals surface area contributed by atoms with E-state index in [-0.39, 0.29) is 18.1 Å². The molecule has 2 saturated carbocycles. The van der Waals surface area contributed by atoms with E-state index < -0.39 is 11.3 Å². The molecule has 0 heterocycles. The first-order valence-electron chi connectivity index (χ1n) is 5.41. The van der Waals surface area contributed by atoms with E-state index in [4.69, 9.17) is 0 Å². The summed E-state index contributed by atoms with van der Waals surface area (Å²) in [6.45, 7) is 1.85. The monoisotopic (exact) mass is 202 g/mol. The molecule has 0 N–H and O–H groups in total. The first-order chi connectivity index (χ1) is 6.51. The van der Waals surface area contributed by atoms with E-state index in [1.54, 1.807) is 0 Å². The molecule has 0 aromatic rings. The maximum atomic E-state index is 13.0. The molecule has 1 nitrogen and oxygen atoms in total. The zero-order valence-corrected chi connectivity index (χ0v) is 8.48. The molecule has 2 rings (SSSR count). The first kappa shape index (κ1) is 10.1. The van der Waals surface area contributed by atoms with Crippen LogP contribution in [0.4, 0.5) is 8.78 Å². The lowest BCUT2D eigenvalue weighted by molar-refractivity contribution is -0.124. The van der Waals surface area contributed by atoms with Crippen LogP contribution >= 0.6 is 0 Å². The van der Waals surface area contributed by atoms with Gasteiger partial charge in [0.1, 0.15) is 5.78 Å². The summed E-state index contributed by atoms with van der Waals surface area (Å²) >= 11 is 0. The van der Waals surface area contributed by atoms with Crippen molar-refractivity contribution in [1.29, 1.82) is 0 Å². The molecule has 0 aliphatic heterocycles. The molecule has 0 aromatic heterocycles. The van der Waals surface area contributed by atoms with Crippen molar-refractivity contribution >= 4 is 5.78 Å². The molecule has 0 aromatic carbocycles. The second-order valence-electron chi connectivity index (χ2n) is 4.76. The molecule has 0 atom stereocenters. The van der Waals surface area contributed by atoms with Gasteiger partial charge in [-0.2, -0.15) is 0 Å². The Morgan fingerprint density at radius 3 is 2.21 bits per heavy atom. The molecule has 2 aliphatic rings. The summed E-state index contributed by atoms with van der Waals surface area (Å²) in [4.78, 5) is 11.4. The van der Waals surface area contributed by atoms with E-state index in [2.05, 4.69) is 0 Å². The van der Waals surface area contributed by atoms with E-state index >= 15 is 0 Å². The summed E-state index contributed by atoms with van der Waals surface area (Å²) < 4.78 is 26.0. The van der Waals surface area contributed by atoms with Crippen molar-refractivity contribution in [3.63, 3.8) is 0 Å². The number of carbonyl (C=O) groups excluding carboxylic acids is 1. The number of rotatable bonds is 2. The van der Waals surface area contributed by atoms with Crippen LogP contribution in [-0.4, -0.2) is 11.7 Å². The Bertz CT molecular complexity index is 252. The van der Waals surface area contributed by atoms with Crippen LogP contribution in [0.5, 0.6) is 0 Å². The van der Waals surface area contributed by atoms with Crippen LogP contribution in [0.15, 0.2) is 0 Å². The lowest BCUT2D eigenvalue weighted by Crippen LogP contribution is -2.25. The van der Waals surface area contributed by atoms with Gasteiger partial charge in [-0.05, 0) is 25.7 Å². The van der Waals surface area contributed by atoms with Gasteiger partial charge < -0.3 is 0 Å². The molecule has 0 unspecified atom stereocenters. The van der Waals surface area contributed by atoms with Gasteiger partial charge in [0.15, 0.2) is 0 Å². The van der Waals surface area contributed by atoms with Crippen molar-refractivity contribution in [3.8, 4) is 0 Å². The van der Waals surface area contributed by atoms with Crippen molar-refractivity contribution < 1.29 is 13.6 Å². The summed E-state index contributed by atoms with van der Waals surface area (Å²) in [5.74, 6) is -2.10. The Morgan fingerprint density at radius 1 is 1.36 bits per heavy atom. The molecular formula is C11H16F2O. The third-order valence-corrected chi connectivity index (χ3v) is 3.96. The minimum atomic E-state index is -2.42. The Balaban J connectivity index is 1.91. The molecule has 0 bridgehead atoms. The quantitative estimate of drug-likeness (QED) is 0.672. The highest BCUT2D eigenvalue weighted by molar-refractivity contribution is 5.80. The number of hydrogen-bond acceptors (Lipinski definition) is 1. The SMILES string of the molecule is CCC(=O)C1CCC2(CC1)CC2(F)F. The molecule has 14 heavy (non-hydrogen) atoms. The Hall–Kier alpha value is -0.470. The topological polar surface area (TPSA) is 17.1 Å². The third-order valence-electron chi connectivity index (χ3n) is 3.96. The average Bonchev–Trinajstić information content (AvgIpc) is 2.68. The molecular weight excluding hydrogens is 186 g/mol. The lowest BCUT2D eigenvalue weighted by atomic mass is 9.77. The summed E-state index contributed by atoms with van der Waals surface area (Å²) in [5.41, 5.74) is -0.697. The second-order valence-corrected chi connectivity index (χ2v) is 4.76. The van der Waals surface area contributed by atoms with E-state index in [0.717, 1.165) is 0 Å². The predicted molar refractivity (Wildman–Crippen MR) is 49.3 cm³/mol. The van der Waals surface area contributed by atoms with Gasteiger partial charge in [0.05, 0.1) is 0 Å². The number of hydrogen-bond donors (Lipinski definition) is 0. The molecule has 0 radical (unpaired) electrons. The van der Waals surface area contributed by atoms with Crippen LogP contribution in [0.2, 0.25) is 0 Å². The van der Waals surface area contributed by atoms with Crippen LogP contribution < -0.4 is 0 Å². The summed E-state index contributed by atoms with van der Waals surface area (Å²) in [7, 11) is 0. The van der Waals surface area contributed by atoms with Gasteiger partial charge >= 0.3 is 0 Å². The zero-order valence-electron chi connectivity index (χ0n) is 8.48. The molecule has 2 aliphatic carbocycles. The largest absolute Gasteiger partial charge is 0.299 e. The van der Waals surface area contributed by atoms with Crippen molar-refractivity contribution in [2.45, 2.75) is 51.4 Å². The standard InChI is InChI=1S/C11H16F2O/c1-2-9(14)8-3-5-10(6-4-8)7-11(10,12)13/h8H,2-7H2,1H3. The highest BCUT2D eigenvalue weighted by atomic mass is 19.3. The van der Waals surface area contributed by atoms with Crippen LogP contribution in [-0.2, 0) is 4.79 Å². The first-order valence-corrected chi connectivity index (χ1v) is 5.41. The van der Waals surface area contributed by atoms with E-state index in [1.165, 1.54) is 0 Å². The number of ketones is 1. The fourth-order valence-corrected chi connectivity index (χ4v) is 2.70. The summed E-state index contributed by atoms with van der Waals surface area (Å²) in [5, 5.41) is 0. The Labute approximate surface area is 82.9 Å². The lowest BCUT2D eigenvalue weighted by Gasteiger charge is -2.27. The van der Waals surface area contributed by atoms with Crippen molar-refractivity contribution in [2.75, 3.05) is 0 Å². The molecule has 3 heteroatoms. The minimum Gasteiger partial charge on any atom is -0.299 e. The normalized spacial score (nSPS) is 39.8. The number of halogens is 2. The summed E-state index contributed by atoms with van der Waals surface area (Å²) in [6, 6.07) is 0. The van der Waals surface area contributed by atoms with Crippen molar-refractivity contribution in [2.24, 2.45) is 11.3 Å². The Morgan fingerprint density at radius 2 is 1.86 bits per heavy atom. The molecule has 80 valence electrons. The molecule has 1 spiro atoms. The van der Waals surface area contributed by atoms with Crippen LogP contribution in [0.1, 0.15) is 45.4 Å². The molecule has 2 fully saturated rings. The van der Waals surface area contributed by atoms with E-state index in [1.807, 2.05) is 6.92 Å². The van der Waals surface area contributed by atoms with Crippen LogP contribution in [0, 0.1) is 11.3 Å². The van der Waals surface area contributed by atoms with E-state index in [9.17, 15) is 13.6 Å². The molecule has 0 saturated heterocycles. The van der Waals surface area contributed by atoms with Gasteiger partial charge in [0.2, 0.25) is 0 Å². The number of carbonyl (C=O) groups is 1. The summed E-state index contributed by atoms with van der Waals surface area (Å²) in [6.07, 6.45) is 3.08. The van der Waals surface area contributed by atoms with Gasteiger partial charge in [-0.3, -0.25) is 4.79 Å². The minimum absolute atomic E-state index is 0.0625. The Kier molecular flexibility index (Phi) is 2.16. The second kappa shape index (κ2) is 3.01. The average molecular weight is 202 g/mol. The number of alkyl halides is 2. The van der Waals surface area contributed by atoms with Crippen molar-refractivity contribution in [1.82, 2.24) is 0 Å². The van der Waals surface area contributed by atoms with Gasteiger partial charge in [-0.1, -0.05) is 6.92 Å². The maximum Gasteiger partial charge on any atom is 0.254 e. The van der Waals surface area contributed by atoms with Gasteiger partial charge in [-0.25, -0.2) is 8.78 Å². The highest BCUT2D eigenvalue weighted by Crippen LogP contribution is 2.67. The predicted octanol–water partition coefficient (Wildman–Crippen LogP) is 3.18. The van der Waals surface area contributed by atoms with Crippen molar-refractivity contribution in [3.05, 3.63) is 0 Å². The number of Topliss-reactive ketones (excluding diaryl/α,β-unsaturated/α-hetero) is 1. The van der Waals surface area contributed by atoms with Gasteiger partial charge in [0, 0.05) is 24.2 Å². The maximum absolute atomic E-state index is 13.0. The van der Waals surface area contributed by atoms with Crippen LogP contribution in [0.3, 0.4) is 0 Å². The molecule has 0 amide bonds. The highest BCUT2D eigenvalue weighted by Gasteiger charge is 2.70. The fourth-order valence-electron chi connectivity index (χ4n) is 2.70. The fraction of sp³-hybridized carbons (Fsp3) is 0.909. The zero-order chi connectivity index (χ0) is 10.4. The van der Waals surface area contributed by atoms with Gasteiger partial charge in [-0.15, -0.1) is 0 Å². The van der Waals surface area contributed by atoms with Crippen LogP contribution in [0.25, 0.3) is 0 Å². The third kappa shape index (κ3) is 1.37. The smallest absolute Gasteiger partial charge is 0.254 e. The van der Waals surface area contributed by atoms with E-state index in [0.29, 0.717) is 32.1 Å².